The molecule has 0 radical (unpaired) electrons. The minimum absolute atomic E-state index is 0.0113. The van der Waals surface area contributed by atoms with Crippen LogP contribution in [0.5, 0.6) is 0 Å². The number of fused-ring (bicyclic) bond motifs is 1. The van der Waals surface area contributed by atoms with Gasteiger partial charge in [-0.15, -0.1) is 0 Å². The molecule has 0 bridgehead atoms. The van der Waals surface area contributed by atoms with Crippen molar-refractivity contribution in [2.75, 3.05) is 0 Å². The van der Waals surface area contributed by atoms with Gasteiger partial charge in [-0.2, -0.15) is 0 Å². The number of amides is 2. The number of nitro groups is 2. The van der Waals surface area contributed by atoms with Crippen molar-refractivity contribution in [1.29, 1.82) is 0 Å². The number of hydrogen-bond acceptors (Lipinski definition) is 12. The molecule has 2 aromatic rings. The molecule has 4 rings (SSSR count). The molecule has 236 valence electrons. The molecule has 15 nitrogen and oxygen atoms in total. The van der Waals surface area contributed by atoms with Crippen LogP contribution in [0.1, 0.15) is 38.3 Å². The molecule has 0 saturated carbocycles. The SMILES string of the molecule is CC(=O)NC=CSC1=C(C(=O)OCc2ccc([N+](=O)[O-])cc2)N2C(=O)[C@@H](C(C)(C)OC(=O)OCc3ccc([N+](=O)[O-])cc3)[C@H]2C1. The van der Waals surface area contributed by atoms with E-state index in [1.54, 1.807) is 19.3 Å². The number of ether oxygens (including phenoxy) is 3. The Morgan fingerprint density at radius 2 is 1.51 bits per heavy atom. The van der Waals surface area contributed by atoms with Gasteiger partial charge in [-0.3, -0.25) is 29.8 Å². The van der Waals surface area contributed by atoms with Gasteiger partial charge in [0.05, 0.1) is 21.8 Å². The summed E-state index contributed by atoms with van der Waals surface area (Å²) >= 11 is 1.11. The van der Waals surface area contributed by atoms with Crippen molar-refractivity contribution >= 4 is 47.1 Å². The fourth-order valence-electron chi connectivity index (χ4n) is 4.89. The number of nitro benzene ring substituents is 2. The molecule has 1 saturated heterocycles. The largest absolute Gasteiger partial charge is 0.509 e. The number of thioether (sulfide) groups is 1. The Balaban J connectivity index is 1.43. The monoisotopic (exact) mass is 640 g/mol. The number of nitrogens with one attached hydrogen (secondary N) is 1. The first-order valence-corrected chi connectivity index (χ1v) is 14.3. The molecule has 2 aromatic carbocycles. The maximum Gasteiger partial charge on any atom is 0.509 e. The molecule has 2 amide bonds. The summed E-state index contributed by atoms with van der Waals surface area (Å²) in [5.74, 6) is -2.40. The predicted molar refractivity (Wildman–Crippen MR) is 158 cm³/mol. The molecule has 0 spiro atoms. The summed E-state index contributed by atoms with van der Waals surface area (Å²) in [5.41, 5.74) is -0.570. The van der Waals surface area contributed by atoms with E-state index in [0.29, 0.717) is 16.0 Å². The van der Waals surface area contributed by atoms with Gasteiger partial charge in [0.15, 0.2) is 0 Å². The zero-order valence-electron chi connectivity index (χ0n) is 24.3. The topological polar surface area (TPSA) is 198 Å². The summed E-state index contributed by atoms with van der Waals surface area (Å²) in [6, 6.07) is 10.4. The Kier molecular flexibility index (Phi) is 9.86. The van der Waals surface area contributed by atoms with E-state index in [0.717, 1.165) is 11.8 Å². The Morgan fingerprint density at radius 1 is 0.978 bits per heavy atom. The zero-order valence-corrected chi connectivity index (χ0v) is 25.1. The first-order chi connectivity index (χ1) is 21.3. The van der Waals surface area contributed by atoms with Crippen LogP contribution in [0.2, 0.25) is 0 Å². The number of β-lactam (4-membered cyclic amide) rings is 1. The van der Waals surface area contributed by atoms with E-state index in [1.807, 2.05) is 0 Å². The normalized spacial score (nSPS) is 17.4. The molecular formula is C29H28N4O11S. The van der Waals surface area contributed by atoms with Crippen molar-refractivity contribution in [3.63, 3.8) is 0 Å². The molecule has 1 N–H and O–H groups in total. The molecule has 16 heteroatoms. The van der Waals surface area contributed by atoms with Crippen LogP contribution in [0.25, 0.3) is 0 Å². The third kappa shape index (κ3) is 7.64. The predicted octanol–water partition coefficient (Wildman–Crippen LogP) is 4.46. The highest BCUT2D eigenvalue weighted by Gasteiger charge is 2.61. The zero-order chi connectivity index (χ0) is 32.9. The maximum absolute atomic E-state index is 13.4. The first kappa shape index (κ1) is 32.7. The number of benzene rings is 2. The third-order valence-corrected chi connectivity index (χ3v) is 7.91. The number of carbonyl (C=O) groups excluding carboxylic acids is 4. The second-order valence-corrected chi connectivity index (χ2v) is 11.5. The lowest BCUT2D eigenvalue weighted by atomic mass is 9.76. The average Bonchev–Trinajstić information content (AvgIpc) is 3.30. The van der Waals surface area contributed by atoms with Crippen molar-refractivity contribution in [1.82, 2.24) is 10.2 Å². The second-order valence-electron chi connectivity index (χ2n) is 10.5. The van der Waals surface area contributed by atoms with Crippen LogP contribution in [0.15, 0.2) is 70.7 Å². The van der Waals surface area contributed by atoms with E-state index >= 15 is 0 Å². The van der Waals surface area contributed by atoms with E-state index in [-0.39, 0.29) is 42.6 Å². The number of esters is 1. The number of rotatable bonds is 12. The molecule has 2 atom stereocenters. The average molecular weight is 641 g/mol. The van der Waals surface area contributed by atoms with Crippen LogP contribution in [-0.4, -0.2) is 50.3 Å². The smallest absolute Gasteiger partial charge is 0.456 e. The standard InChI is InChI=1S/C29H28N4O11S/c1-17(34)30-12-13-45-23-14-22-24(29(2,3)44-28(37)43-16-19-6-10-21(11-7-19)33(40)41)26(35)31(22)25(23)27(36)42-15-18-4-8-20(9-5-18)32(38)39/h4-13,22,24H,14-16H2,1-3H3,(H,30,34)/t22-,24+/m1/s1. The van der Waals surface area contributed by atoms with E-state index in [1.165, 1.54) is 66.6 Å². The van der Waals surface area contributed by atoms with Gasteiger partial charge < -0.3 is 24.4 Å². The quantitative estimate of drug-likeness (QED) is 0.148. The number of carbonyl (C=O) groups is 4. The molecule has 2 aliphatic heterocycles. The minimum atomic E-state index is -1.34. The Labute approximate surface area is 260 Å². The molecule has 0 aromatic heterocycles. The van der Waals surface area contributed by atoms with Crippen molar-refractivity contribution < 1.29 is 43.2 Å². The van der Waals surface area contributed by atoms with Crippen LogP contribution < -0.4 is 5.32 Å². The van der Waals surface area contributed by atoms with Gasteiger partial charge in [-0.25, -0.2) is 9.59 Å². The highest BCUT2D eigenvalue weighted by molar-refractivity contribution is 8.05. The van der Waals surface area contributed by atoms with Crippen molar-refractivity contribution in [3.05, 3.63) is 102 Å². The highest BCUT2D eigenvalue weighted by Crippen LogP contribution is 2.50. The molecule has 0 aliphatic carbocycles. The summed E-state index contributed by atoms with van der Waals surface area (Å²) in [5, 5.41) is 25.8. The van der Waals surface area contributed by atoms with Gasteiger partial charge in [0.2, 0.25) is 11.8 Å². The highest BCUT2D eigenvalue weighted by atomic mass is 32.2. The lowest BCUT2D eigenvalue weighted by Crippen LogP contribution is -2.66. The summed E-state index contributed by atoms with van der Waals surface area (Å²) in [4.78, 5) is 72.9. The number of hydrogen-bond donors (Lipinski definition) is 1. The van der Waals surface area contributed by atoms with Crippen molar-refractivity contribution in [3.8, 4) is 0 Å². The molecule has 0 unspecified atom stereocenters. The van der Waals surface area contributed by atoms with E-state index < -0.39 is 45.4 Å². The van der Waals surface area contributed by atoms with E-state index in [2.05, 4.69) is 5.32 Å². The van der Waals surface area contributed by atoms with Gasteiger partial charge in [-0.1, -0.05) is 11.8 Å². The van der Waals surface area contributed by atoms with Gasteiger partial charge in [0, 0.05) is 48.7 Å². The summed E-state index contributed by atoms with van der Waals surface area (Å²) in [6.45, 7) is 4.02. The van der Waals surface area contributed by atoms with E-state index in [9.17, 15) is 39.4 Å². The van der Waals surface area contributed by atoms with Crippen LogP contribution in [0.4, 0.5) is 16.2 Å². The van der Waals surface area contributed by atoms with Gasteiger partial charge in [0.25, 0.3) is 11.4 Å². The van der Waals surface area contributed by atoms with Crippen LogP contribution >= 0.6 is 11.8 Å². The van der Waals surface area contributed by atoms with Gasteiger partial charge in [0.1, 0.15) is 24.5 Å². The Bertz CT molecular complexity index is 1590. The van der Waals surface area contributed by atoms with Crippen LogP contribution in [0, 0.1) is 26.1 Å². The number of nitrogens with zero attached hydrogens (tertiary/aromatic N) is 3. The second kappa shape index (κ2) is 13.6. The third-order valence-electron chi connectivity index (χ3n) is 6.99. The van der Waals surface area contributed by atoms with Crippen molar-refractivity contribution in [2.45, 2.75) is 52.0 Å². The van der Waals surface area contributed by atoms with Crippen molar-refractivity contribution in [2.24, 2.45) is 5.92 Å². The lowest BCUT2D eigenvalue weighted by Gasteiger charge is -2.49. The fraction of sp³-hybridized carbons (Fsp3) is 0.310. The van der Waals surface area contributed by atoms with Gasteiger partial charge >= 0.3 is 12.1 Å². The van der Waals surface area contributed by atoms with Crippen LogP contribution in [0.3, 0.4) is 0 Å². The summed E-state index contributed by atoms with van der Waals surface area (Å²) < 4.78 is 16.1. The molecule has 45 heavy (non-hydrogen) atoms. The number of non-ortho nitro benzene ring substituents is 2. The maximum atomic E-state index is 13.4. The summed E-state index contributed by atoms with van der Waals surface area (Å²) in [7, 11) is 0. The Morgan fingerprint density at radius 3 is 2.02 bits per heavy atom. The van der Waals surface area contributed by atoms with E-state index in [4.69, 9.17) is 14.2 Å². The minimum Gasteiger partial charge on any atom is -0.456 e. The lowest BCUT2D eigenvalue weighted by molar-refractivity contribution is -0.385. The summed E-state index contributed by atoms with van der Waals surface area (Å²) in [6.07, 6.45) is 0.576. The molecular weight excluding hydrogens is 612 g/mol. The molecule has 2 heterocycles. The molecule has 2 aliphatic rings. The van der Waals surface area contributed by atoms with Gasteiger partial charge in [-0.05, 0) is 54.6 Å². The Hall–Kier alpha value is -5.25. The fourth-order valence-corrected chi connectivity index (χ4v) is 5.75. The molecule has 1 fully saturated rings. The first-order valence-electron chi connectivity index (χ1n) is 13.4. The van der Waals surface area contributed by atoms with Crippen LogP contribution in [-0.2, 0) is 41.8 Å².